The highest BCUT2D eigenvalue weighted by Gasteiger charge is 2.13. The third-order valence-corrected chi connectivity index (χ3v) is 5.00. The van der Waals surface area contributed by atoms with E-state index in [2.05, 4.69) is 6.92 Å². The van der Waals surface area contributed by atoms with E-state index in [1.807, 2.05) is 60.7 Å². The lowest BCUT2D eigenvalue weighted by molar-refractivity contribution is -0.153. The molecular formula is C25H27NO5. The predicted octanol–water partition coefficient (Wildman–Crippen LogP) is 3.99. The molecule has 1 amide bonds. The van der Waals surface area contributed by atoms with E-state index in [0.29, 0.717) is 12.3 Å². The molecule has 3 aromatic rings. The van der Waals surface area contributed by atoms with Gasteiger partial charge in [-0.15, -0.1) is 0 Å². The van der Waals surface area contributed by atoms with Crippen LogP contribution in [0.1, 0.15) is 18.1 Å². The Bertz CT molecular complexity index is 1050. The van der Waals surface area contributed by atoms with E-state index in [-0.39, 0.29) is 19.1 Å². The van der Waals surface area contributed by atoms with Crippen LogP contribution in [0.25, 0.3) is 10.8 Å². The highest BCUT2D eigenvalue weighted by molar-refractivity contribution is 5.85. The minimum absolute atomic E-state index is 0.239. The Kier molecular flexibility index (Phi) is 7.49. The summed E-state index contributed by atoms with van der Waals surface area (Å²) < 4.78 is 15.7. The van der Waals surface area contributed by atoms with Gasteiger partial charge >= 0.3 is 5.97 Å². The first-order chi connectivity index (χ1) is 15.0. The maximum absolute atomic E-state index is 12.3. The van der Waals surface area contributed by atoms with E-state index in [4.69, 9.17) is 14.2 Å². The van der Waals surface area contributed by atoms with Crippen LogP contribution in [-0.2, 0) is 27.3 Å². The Morgan fingerprint density at radius 2 is 1.48 bits per heavy atom. The van der Waals surface area contributed by atoms with Crippen LogP contribution in [0.5, 0.6) is 11.5 Å². The summed E-state index contributed by atoms with van der Waals surface area (Å²) in [4.78, 5) is 25.8. The highest BCUT2D eigenvalue weighted by atomic mass is 16.6. The number of benzene rings is 3. The molecule has 0 aliphatic heterocycles. The SMILES string of the molecule is CCc1ccc(OCC(=O)OCC(=O)N(C)Cc2ccc3cc(OC)ccc3c2)cc1. The van der Waals surface area contributed by atoms with Gasteiger partial charge in [0.05, 0.1) is 7.11 Å². The summed E-state index contributed by atoms with van der Waals surface area (Å²) >= 11 is 0. The van der Waals surface area contributed by atoms with Crippen LogP contribution < -0.4 is 9.47 Å². The van der Waals surface area contributed by atoms with Crippen LogP contribution in [0.4, 0.5) is 0 Å². The van der Waals surface area contributed by atoms with Crippen molar-refractivity contribution in [1.82, 2.24) is 4.90 Å². The fourth-order valence-electron chi connectivity index (χ4n) is 3.12. The second kappa shape index (κ2) is 10.5. The molecule has 0 saturated heterocycles. The van der Waals surface area contributed by atoms with Gasteiger partial charge in [-0.3, -0.25) is 4.79 Å². The molecule has 0 bridgehead atoms. The quantitative estimate of drug-likeness (QED) is 0.489. The molecule has 0 fully saturated rings. The van der Waals surface area contributed by atoms with Gasteiger partial charge in [-0.05, 0) is 58.7 Å². The van der Waals surface area contributed by atoms with Gasteiger partial charge in [0.1, 0.15) is 11.5 Å². The Labute approximate surface area is 182 Å². The van der Waals surface area contributed by atoms with Gasteiger partial charge in [-0.2, -0.15) is 0 Å². The third-order valence-electron chi connectivity index (χ3n) is 5.00. The van der Waals surface area contributed by atoms with Gasteiger partial charge < -0.3 is 19.1 Å². The number of aryl methyl sites for hydroxylation is 1. The van der Waals surface area contributed by atoms with Crippen molar-refractivity contribution in [2.75, 3.05) is 27.4 Å². The van der Waals surface area contributed by atoms with Crippen LogP contribution in [0.3, 0.4) is 0 Å². The van der Waals surface area contributed by atoms with Gasteiger partial charge in [0.15, 0.2) is 13.2 Å². The fraction of sp³-hybridized carbons (Fsp3) is 0.280. The molecular weight excluding hydrogens is 394 g/mol. The molecule has 0 aliphatic rings. The molecule has 3 aromatic carbocycles. The second-order valence-electron chi connectivity index (χ2n) is 7.24. The zero-order valence-corrected chi connectivity index (χ0v) is 18.1. The molecule has 0 heterocycles. The summed E-state index contributed by atoms with van der Waals surface area (Å²) in [5.74, 6) is 0.527. The fourth-order valence-corrected chi connectivity index (χ4v) is 3.12. The van der Waals surface area contributed by atoms with Crippen LogP contribution >= 0.6 is 0 Å². The average molecular weight is 421 g/mol. The second-order valence-corrected chi connectivity index (χ2v) is 7.24. The normalized spacial score (nSPS) is 10.5. The van der Waals surface area contributed by atoms with Gasteiger partial charge in [0, 0.05) is 13.6 Å². The van der Waals surface area contributed by atoms with E-state index in [1.165, 1.54) is 10.5 Å². The summed E-state index contributed by atoms with van der Waals surface area (Å²) in [6.07, 6.45) is 0.936. The Morgan fingerprint density at radius 3 is 2.19 bits per heavy atom. The topological polar surface area (TPSA) is 65.1 Å². The average Bonchev–Trinajstić information content (AvgIpc) is 2.81. The number of fused-ring (bicyclic) bond motifs is 1. The first-order valence-corrected chi connectivity index (χ1v) is 10.2. The highest BCUT2D eigenvalue weighted by Crippen LogP contribution is 2.22. The minimum Gasteiger partial charge on any atom is -0.497 e. The summed E-state index contributed by atoms with van der Waals surface area (Å²) in [6.45, 7) is 1.92. The molecule has 31 heavy (non-hydrogen) atoms. The maximum Gasteiger partial charge on any atom is 0.344 e. The monoisotopic (exact) mass is 421 g/mol. The standard InChI is InChI=1S/C25H27NO5/c1-4-18-6-10-22(11-7-18)30-17-25(28)31-16-24(27)26(2)15-19-5-8-21-14-23(29-3)12-9-20(21)13-19/h5-14H,4,15-17H2,1-3H3. The molecule has 0 N–H and O–H groups in total. The molecule has 0 spiro atoms. The number of amides is 1. The Morgan fingerprint density at radius 1 is 0.839 bits per heavy atom. The smallest absolute Gasteiger partial charge is 0.344 e. The zero-order chi connectivity index (χ0) is 22.2. The van der Waals surface area contributed by atoms with Crippen molar-refractivity contribution in [3.63, 3.8) is 0 Å². The molecule has 162 valence electrons. The molecule has 0 saturated carbocycles. The molecule has 0 radical (unpaired) electrons. The lowest BCUT2D eigenvalue weighted by Gasteiger charge is -2.17. The van der Waals surface area contributed by atoms with Gasteiger partial charge in [0.2, 0.25) is 0 Å². The number of carbonyl (C=O) groups is 2. The number of hydrogen-bond donors (Lipinski definition) is 0. The number of nitrogens with zero attached hydrogens (tertiary/aromatic N) is 1. The summed E-state index contributed by atoms with van der Waals surface area (Å²) in [5, 5.41) is 2.13. The van der Waals surface area contributed by atoms with Crippen LogP contribution in [0.2, 0.25) is 0 Å². The van der Waals surface area contributed by atoms with Crippen molar-refractivity contribution in [3.8, 4) is 11.5 Å². The number of hydrogen-bond acceptors (Lipinski definition) is 5. The van der Waals surface area contributed by atoms with Crippen molar-refractivity contribution in [1.29, 1.82) is 0 Å². The van der Waals surface area contributed by atoms with E-state index >= 15 is 0 Å². The number of esters is 1. The van der Waals surface area contributed by atoms with Crippen molar-refractivity contribution >= 4 is 22.6 Å². The Balaban J connectivity index is 1.46. The van der Waals surface area contributed by atoms with Crippen LogP contribution in [0, 0.1) is 0 Å². The number of methoxy groups -OCH3 is 1. The van der Waals surface area contributed by atoms with E-state index in [0.717, 1.165) is 28.5 Å². The minimum atomic E-state index is -0.582. The first kappa shape index (κ1) is 22.2. The number of rotatable bonds is 9. The van der Waals surface area contributed by atoms with E-state index < -0.39 is 5.97 Å². The van der Waals surface area contributed by atoms with Crippen molar-refractivity contribution in [2.24, 2.45) is 0 Å². The third kappa shape index (κ3) is 6.22. The lowest BCUT2D eigenvalue weighted by atomic mass is 10.1. The van der Waals surface area contributed by atoms with Gasteiger partial charge in [0.25, 0.3) is 5.91 Å². The molecule has 6 nitrogen and oxygen atoms in total. The number of ether oxygens (including phenoxy) is 3. The molecule has 6 heteroatoms. The molecule has 0 aromatic heterocycles. The lowest BCUT2D eigenvalue weighted by Crippen LogP contribution is -2.31. The van der Waals surface area contributed by atoms with Crippen molar-refractivity contribution in [2.45, 2.75) is 19.9 Å². The Hall–Kier alpha value is -3.54. The van der Waals surface area contributed by atoms with Crippen molar-refractivity contribution < 1.29 is 23.8 Å². The molecule has 0 aliphatic carbocycles. The predicted molar refractivity (Wildman–Crippen MR) is 119 cm³/mol. The largest absolute Gasteiger partial charge is 0.497 e. The summed E-state index contributed by atoms with van der Waals surface area (Å²) in [6, 6.07) is 19.4. The molecule has 3 rings (SSSR count). The van der Waals surface area contributed by atoms with Crippen molar-refractivity contribution in [3.05, 3.63) is 71.8 Å². The van der Waals surface area contributed by atoms with Gasteiger partial charge in [-0.25, -0.2) is 4.79 Å². The molecule has 0 unspecified atom stereocenters. The van der Waals surface area contributed by atoms with E-state index in [9.17, 15) is 9.59 Å². The number of carbonyl (C=O) groups excluding carboxylic acids is 2. The van der Waals surface area contributed by atoms with E-state index in [1.54, 1.807) is 14.2 Å². The summed E-state index contributed by atoms with van der Waals surface area (Å²) in [5.41, 5.74) is 2.17. The van der Waals surface area contributed by atoms with Crippen LogP contribution in [0.15, 0.2) is 60.7 Å². The first-order valence-electron chi connectivity index (χ1n) is 10.2. The maximum atomic E-state index is 12.3. The summed E-state index contributed by atoms with van der Waals surface area (Å²) in [7, 11) is 3.32. The zero-order valence-electron chi connectivity index (χ0n) is 18.1. The van der Waals surface area contributed by atoms with Gasteiger partial charge in [-0.1, -0.05) is 37.3 Å². The molecule has 0 atom stereocenters. The van der Waals surface area contributed by atoms with Crippen LogP contribution in [-0.4, -0.2) is 44.1 Å². The number of likely N-dealkylation sites (N-methyl/N-ethyl adjacent to an activating group) is 1.